The third-order valence-electron chi connectivity index (χ3n) is 3.91. The van der Waals surface area contributed by atoms with Crippen LogP contribution in [-0.4, -0.2) is 44.7 Å². The predicted octanol–water partition coefficient (Wildman–Crippen LogP) is 2.27. The van der Waals surface area contributed by atoms with Crippen LogP contribution in [0.25, 0.3) is 11.2 Å². The molecule has 2 aromatic heterocycles. The van der Waals surface area contributed by atoms with E-state index in [4.69, 9.17) is 5.73 Å². The summed E-state index contributed by atoms with van der Waals surface area (Å²) in [4.78, 5) is 17.5. The molecule has 128 valence electrons. The summed E-state index contributed by atoms with van der Waals surface area (Å²) in [6, 6.07) is 3.70. The molecular formula is C15H16F3N5O. The number of hydrogen-bond acceptors (Lipinski definition) is 4. The van der Waals surface area contributed by atoms with Crippen LogP contribution in [-0.2, 0) is 4.79 Å². The van der Waals surface area contributed by atoms with Gasteiger partial charge >= 0.3 is 6.18 Å². The van der Waals surface area contributed by atoms with E-state index >= 15 is 0 Å². The molecule has 2 aromatic rings. The Bertz CT molecular complexity index is 796. The maximum atomic E-state index is 12.2. The number of rotatable bonds is 3. The lowest BCUT2D eigenvalue weighted by Gasteiger charge is -2.27. The number of fused-ring (bicyclic) bond motifs is 1. The highest BCUT2D eigenvalue weighted by atomic mass is 19.4. The van der Waals surface area contributed by atoms with Crippen molar-refractivity contribution < 1.29 is 18.0 Å². The van der Waals surface area contributed by atoms with Crippen molar-refractivity contribution in [3.05, 3.63) is 30.0 Å². The molecule has 9 heteroatoms. The lowest BCUT2D eigenvalue weighted by atomic mass is 10.00. The van der Waals surface area contributed by atoms with E-state index < -0.39 is 24.9 Å². The second-order valence-electron chi connectivity index (χ2n) is 5.59. The first kappa shape index (κ1) is 16.3. The van der Waals surface area contributed by atoms with E-state index in [0.29, 0.717) is 18.6 Å². The van der Waals surface area contributed by atoms with Crippen LogP contribution >= 0.6 is 0 Å². The average Bonchev–Trinajstić information content (AvgIpc) is 2.92. The Morgan fingerprint density at radius 3 is 2.83 bits per heavy atom. The number of halogens is 3. The van der Waals surface area contributed by atoms with Crippen molar-refractivity contribution in [1.29, 1.82) is 0 Å². The monoisotopic (exact) mass is 339 g/mol. The predicted molar refractivity (Wildman–Crippen MR) is 81.9 cm³/mol. The fourth-order valence-electron chi connectivity index (χ4n) is 2.72. The number of alkyl halides is 3. The van der Waals surface area contributed by atoms with Gasteiger partial charge in [-0.05, 0) is 24.1 Å². The van der Waals surface area contributed by atoms with Gasteiger partial charge in [-0.15, -0.1) is 5.10 Å². The largest absolute Gasteiger partial charge is 0.389 e. The maximum Gasteiger partial charge on any atom is 0.389 e. The molecule has 24 heavy (non-hydrogen) atoms. The van der Waals surface area contributed by atoms with Crippen molar-refractivity contribution in [2.45, 2.75) is 25.4 Å². The highest BCUT2D eigenvalue weighted by molar-refractivity contribution is 5.80. The molecule has 2 N–H and O–H groups in total. The summed E-state index contributed by atoms with van der Waals surface area (Å²) >= 11 is 0. The van der Waals surface area contributed by atoms with Gasteiger partial charge in [-0.25, -0.2) is 4.52 Å². The van der Waals surface area contributed by atoms with E-state index in [0.717, 1.165) is 11.1 Å². The summed E-state index contributed by atoms with van der Waals surface area (Å²) in [6.45, 7) is 0.671. The van der Waals surface area contributed by atoms with E-state index in [-0.39, 0.29) is 12.5 Å². The van der Waals surface area contributed by atoms with Crippen molar-refractivity contribution in [2.75, 3.05) is 18.8 Å². The normalized spacial score (nSPS) is 15.6. The van der Waals surface area contributed by atoms with Crippen LogP contribution in [0, 0.1) is 0 Å². The molecule has 0 aromatic carbocycles. The van der Waals surface area contributed by atoms with E-state index in [1.54, 1.807) is 10.7 Å². The third kappa shape index (κ3) is 3.50. The number of nitrogen functional groups attached to an aromatic ring is 1. The lowest BCUT2D eigenvalue weighted by molar-refractivity contribution is -0.148. The third-order valence-corrected chi connectivity index (χ3v) is 3.91. The summed E-state index contributed by atoms with van der Waals surface area (Å²) in [5, 5.41) is 4.04. The molecule has 0 saturated carbocycles. The first-order valence-electron chi connectivity index (χ1n) is 7.48. The molecular weight excluding hydrogens is 323 g/mol. The van der Waals surface area contributed by atoms with Gasteiger partial charge in [-0.1, -0.05) is 6.08 Å². The van der Waals surface area contributed by atoms with Crippen LogP contribution < -0.4 is 5.73 Å². The molecule has 6 nitrogen and oxygen atoms in total. The van der Waals surface area contributed by atoms with Crippen molar-refractivity contribution in [2.24, 2.45) is 0 Å². The van der Waals surface area contributed by atoms with Crippen LogP contribution in [0.5, 0.6) is 0 Å². The zero-order valence-electron chi connectivity index (χ0n) is 12.8. The van der Waals surface area contributed by atoms with Crippen LogP contribution in [0.4, 0.5) is 19.1 Å². The number of hydrogen-bond donors (Lipinski definition) is 1. The molecule has 0 aliphatic carbocycles. The minimum Gasteiger partial charge on any atom is -0.366 e. The molecule has 1 aliphatic rings. The summed E-state index contributed by atoms with van der Waals surface area (Å²) in [6.07, 6.45) is -1.78. The number of pyridine rings is 1. The number of aromatic nitrogens is 3. The molecule has 0 saturated heterocycles. The van der Waals surface area contributed by atoms with E-state index in [2.05, 4.69) is 10.1 Å². The van der Waals surface area contributed by atoms with Gasteiger partial charge < -0.3 is 10.6 Å². The molecule has 0 radical (unpaired) electrons. The van der Waals surface area contributed by atoms with Crippen LogP contribution in [0.1, 0.15) is 24.8 Å². The Morgan fingerprint density at radius 2 is 2.17 bits per heavy atom. The topological polar surface area (TPSA) is 76.5 Å². The molecule has 0 bridgehead atoms. The second-order valence-corrected chi connectivity index (χ2v) is 5.59. The number of carbonyl (C=O) groups is 1. The van der Waals surface area contributed by atoms with Gasteiger partial charge in [0.1, 0.15) is 0 Å². The van der Waals surface area contributed by atoms with Crippen molar-refractivity contribution in [1.82, 2.24) is 19.5 Å². The summed E-state index contributed by atoms with van der Waals surface area (Å²) in [7, 11) is 0. The molecule has 0 atom stereocenters. The standard InChI is InChI=1S/C15H16F3N5O/c16-15(17,18)6-3-12(24)22-8-4-10(5-9-22)11-2-1-7-23-13(11)20-14(19)21-23/h1-2,4,7H,3,5-6,8-9H2,(H2,19,21). The van der Waals surface area contributed by atoms with Gasteiger partial charge in [-0.3, -0.25) is 4.79 Å². The summed E-state index contributed by atoms with van der Waals surface area (Å²) in [5.41, 5.74) is 8.08. The van der Waals surface area contributed by atoms with Gasteiger partial charge in [0, 0.05) is 31.3 Å². The van der Waals surface area contributed by atoms with Crippen molar-refractivity contribution in [3.8, 4) is 0 Å². The van der Waals surface area contributed by atoms with Gasteiger partial charge in [0.15, 0.2) is 5.65 Å². The lowest BCUT2D eigenvalue weighted by Crippen LogP contribution is -2.35. The van der Waals surface area contributed by atoms with Crippen LogP contribution in [0.2, 0.25) is 0 Å². The number of carbonyl (C=O) groups excluding carboxylic acids is 1. The fourth-order valence-corrected chi connectivity index (χ4v) is 2.72. The van der Waals surface area contributed by atoms with Gasteiger partial charge in [0.25, 0.3) is 0 Å². The minimum absolute atomic E-state index is 0.169. The van der Waals surface area contributed by atoms with Gasteiger partial charge in [0.05, 0.1) is 6.42 Å². The Balaban J connectivity index is 1.72. The average molecular weight is 339 g/mol. The number of amides is 1. The Labute approximate surface area is 135 Å². The zero-order chi connectivity index (χ0) is 17.3. The number of nitrogens with zero attached hydrogens (tertiary/aromatic N) is 4. The van der Waals surface area contributed by atoms with Gasteiger partial charge in [-0.2, -0.15) is 18.2 Å². The number of anilines is 1. The van der Waals surface area contributed by atoms with Crippen LogP contribution in [0.15, 0.2) is 24.4 Å². The SMILES string of the molecule is Nc1nc2c(C3=CCN(C(=O)CCC(F)(F)F)CC3)cccn2n1. The number of nitrogens with two attached hydrogens (primary N) is 1. The van der Waals surface area contributed by atoms with E-state index in [1.807, 2.05) is 18.2 Å². The van der Waals surface area contributed by atoms with Crippen molar-refractivity contribution in [3.63, 3.8) is 0 Å². The quantitative estimate of drug-likeness (QED) is 0.931. The maximum absolute atomic E-state index is 12.2. The summed E-state index contributed by atoms with van der Waals surface area (Å²) < 4.78 is 38.2. The van der Waals surface area contributed by atoms with E-state index in [1.165, 1.54) is 4.90 Å². The fraction of sp³-hybridized carbons (Fsp3) is 0.400. The molecule has 1 aliphatic heterocycles. The Kier molecular flexibility index (Phi) is 4.16. The van der Waals surface area contributed by atoms with E-state index in [9.17, 15) is 18.0 Å². The molecule has 0 unspecified atom stereocenters. The molecule has 3 heterocycles. The zero-order valence-corrected chi connectivity index (χ0v) is 12.8. The molecule has 3 rings (SSSR count). The Morgan fingerprint density at radius 1 is 1.38 bits per heavy atom. The highest BCUT2D eigenvalue weighted by Gasteiger charge is 2.29. The smallest absolute Gasteiger partial charge is 0.366 e. The second kappa shape index (κ2) is 6.14. The summed E-state index contributed by atoms with van der Waals surface area (Å²) in [5.74, 6) is -0.310. The minimum atomic E-state index is -4.31. The first-order valence-corrected chi connectivity index (χ1v) is 7.48. The van der Waals surface area contributed by atoms with Crippen LogP contribution in [0.3, 0.4) is 0 Å². The first-order chi connectivity index (χ1) is 11.3. The molecule has 0 fully saturated rings. The molecule has 1 amide bonds. The van der Waals surface area contributed by atoms with Crippen molar-refractivity contribution >= 4 is 23.1 Å². The van der Waals surface area contributed by atoms with Gasteiger partial charge in [0.2, 0.25) is 11.9 Å². The Hall–Kier alpha value is -2.58. The highest BCUT2D eigenvalue weighted by Crippen LogP contribution is 2.27. The molecule has 0 spiro atoms.